The number of halogens is 1. The van der Waals surface area contributed by atoms with E-state index in [9.17, 15) is 8.42 Å². The summed E-state index contributed by atoms with van der Waals surface area (Å²) in [7, 11) is -3.56. The van der Waals surface area contributed by atoms with E-state index < -0.39 is 15.6 Å². The molecule has 24 heavy (non-hydrogen) atoms. The lowest BCUT2D eigenvalue weighted by Crippen LogP contribution is -2.34. The molecule has 2 aromatic heterocycles. The van der Waals surface area contributed by atoms with E-state index in [1.54, 1.807) is 13.8 Å². The van der Waals surface area contributed by atoms with Crippen LogP contribution in [0.1, 0.15) is 45.4 Å². The Morgan fingerprint density at radius 2 is 2.04 bits per heavy atom. The van der Waals surface area contributed by atoms with Gasteiger partial charge in [-0.3, -0.25) is 0 Å². The van der Waals surface area contributed by atoms with E-state index in [2.05, 4.69) is 19.8 Å². The molecule has 0 radical (unpaired) electrons. The van der Waals surface area contributed by atoms with Gasteiger partial charge in [0.25, 0.3) is 5.89 Å². The lowest BCUT2D eigenvalue weighted by Gasteiger charge is -2.17. The van der Waals surface area contributed by atoms with E-state index in [0.717, 1.165) is 25.7 Å². The first kappa shape index (κ1) is 18.9. The number of nitrogens with one attached hydrogen (secondary N) is 2. The van der Waals surface area contributed by atoms with Gasteiger partial charge in [-0.1, -0.05) is 18.0 Å². The van der Waals surface area contributed by atoms with Gasteiger partial charge in [0.2, 0.25) is 10.0 Å². The predicted molar refractivity (Wildman–Crippen MR) is 91.1 cm³/mol. The van der Waals surface area contributed by atoms with E-state index in [1.807, 2.05) is 0 Å². The maximum atomic E-state index is 12.1. The van der Waals surface area contributed by atoms with Crippen LogP contribution in [0.5, 0.6) is 0 Å². The fourth-order valence-electron chi connectivity index (χ4n) is 2.80. The van der Waals surface area contributed by atoms with Crippen molar-refractivity contribution in [1.29, 1.82) is 0 Å². The van der Waals surface area contributed by atoms with Crippen LogP contribution in [-0.2, 0) is 15.6 Å². The number of rotatable bonds is 5. The zero-order valence-corrected chi connectivity index (χ0v) is 15.2. The molecule has 0 aliphatic heterocycles. The summed E-state index contributed by atoms with van der Waals surface area (Å²) in [6, 6.07) is 1.28. The number of hydrogen-bond acceptors (Lipinski definition) is 6. The Hall–Kier alpha value is -1.42. The summed E-state index contributed by atoms with van der Waals surface area (Å²) in [5.41, 5.74) is 6.21. The largest absolute Gasteiger partial charge is 0.356 e. The third-order valence-electron chi connectivity index (χ3n) is 3.96. The Labute approximate surface area is 147 Å². The van der Waals surface area contributed by atoms with Gasteiger partial charge in [-0.05, 0) is 32.8 Å². The summed E-state index contributed by atoms with van der Waals surface area (Å²) in [6.45, 7) is 3.52. The van der Waals surface area contributed by atoms with Crippen molar-refractivity contribution in [3.05, 3.63) is 18.1 Å². The maximum absolute atomic E-state index is 12.1. The van der Waals surface area contributed by atoms with Crippen molar-refractivity contribution in [2.45, 2.75) is 56.0 Å². The van der Waals surface area contributed by atoms with Crippen molar-refractivity contribution in [3.8, 4) is 11.6 Å². The minimum Gasteiger partial charge on any atom is -0.356 e. The molecule has 0 spiro atoms. The third-order valence-corrected chi connectivity index (χ3v) is 5.59. The number of sulfonamides is 1. The molecule has 2 aromatic rings. The molecular weight excluding hydrogens is 354 g/mol. The standard InChI is InChI=1S/C14H21N5O3S.ClH/c1-9(2)19-23(20,21)10-7-11(16-8-10)12-17-13(18-22-12)14(15)5-3-4-6-14;/h7-9,16,19H,3-6,15H2,1-2H3;1H. The highest BCUT2D eigenvalue weighted by Gasteiger charge is 2.36. The SMILES string of the molecule is CC(C)NS(=O)(=O)c1c[nH]c(-c2nc(C3(N)CCCC3)no2)c1.Cl. The molecule has 1 saturated carbocycles. The summed E-state index contributed by atoms with van der Waals surface area (Å²) < 4.78 is 32.0. The minimum absolute atomic E-state index is 0. The second-order valence-electron chi connectivity index (χ2n) is 6.31. The molecule has 1 aliphatic carbocycles. The predicted octanol–water partition coefficient (Wildman–Crippen LogP) is 1.90. The summed E-state index contributed by atoms with van der Waals surface area (Å²) in [4.78, 5) is 7.33. The van der Waals surface area contributed by atoms with Crippen LogP contribution in [0.3, 0.4) is 0 Å². The van der Waals surface area contributed by atoms with E-state index in [-0.39, 0.29) is 29.2 Å². The highest BCUT2D eigenvalue weighted by molar-refractivity contribution is 7.89. The number of H-pyrrole nitrogens is 1. The zero-order valence-electron chi connectivity index (χ0n) is 13.6. The van der Waals surface area contributed by atoms with Gasteiger partial charge < -0.3 is 15.2 Å². The topological polar surface area (TPSA) is 127 Å². The van der Waals surface area contributed by atoms with Crippen molar-refractivity contribution < 1.29 is 12.9 Å². The van der Waals surface area contributed by atoms with E-state index in [4.69, 9.17) is 10.3 Å². The van der Waals surface area contributed by atoms with Crippen molar-refractivity contribution >= 4 is 22.4 Å². The molecule has 134 valence electrons. The molecule has 2 heterocycles. The van der Waals surface area contributed by atoms with Crippen LogP contribution in [0.25, 0.3) is 11.6 Å². The van der Waals surface area contributed by atoms with Gasteiger partial charge in [0, 0.05) is 12.2 Å². The van der Waals surface area contributed by atoms with Gasteiger partial charge in [0.1, 0.15) is 10.6 Å². The Bertz CT molecular complexity index is 793. The lowest BCUT2D eigenvalue weighted by molar-refractivity contribution is 0.372. The van der Waals surface area contributed by atoms with Crippen LogP contribution in [0.4, 0.5) is 0 Å². The van der Waals surface area contributed by atoms with Crippen molar-refractivity contribution in [2.24, 2.45) is 5.73 Å². The van der Waals surface area contributed by atoms with Gasteiger partial charge in [-0.25, -0.2) is 13.1 Å². The molecule has 0 aromatic carbocycles. The van der Waals surface area contributed by atoms with E-state index in [0.29, 0.717) is 11.5 Å². The van der Waals surface area contributed by atoms with Crippen LogP contribution < -0.4 is 10.5 Å². The quantitative estimate of drug-likeness (QED) is 0.732. The number of hydrogen-bond donors (Lipinski definition) is 3. The van der Waals surface area contributed by atoms with Crippen LogP contribution in [0.2, 0.25) is 0 Å². The summed E-state index contributed by atoms with van der Waals surface area (Å²) >= 11 is 0. The molecule has 0 bridgehead atoms. The Morgan fingerprint density at radius 1 is 1.38 bits per heavy atom. The van der Waals surface area contributed by atoms with E-state index in [1.165, 1.54) is 12.3 Å². The van der Waals surface area contributed by atoms with Crippen LogP contribution in [0, 0.1) is 0 Å². The smallest absolute Gasteiger partial charge is 0.274 e. The fraction of sp³-hybridized carbons (Fsp3) is 0.571. The van der Waals surface area contributed by atoms with Crippen LogP contribution in [-0.4, -0.2) is 29.6 Å². The summed E-state index contributed by atoms with van der Waals surface area (Å²) in [5, 5.41) is 3.97. The molecule has 8 nitrogen and oxygen atoms in total. The Morgan fingerprint density at radius 3 is 2.67 bits per heavy atom. The van der Waals surface area contributed by atoms with Crippen molar-refractivity contribution in [2.75, 3.05) is 0 Å². The maximum Gasteiger partial charge on any atom is 0.274 e. The average Bonchev–Trinajstić information content (AvgIpc) is 3.17. The van der Waals surface area contributed by atoms with Gasteiger partial charge in [0.15, 0.2) is 5.82 Å². The second-order valence-corrected chi connectivity index (χ2v) is 8.03. The summed E-state index contributed by atoms with van der Waals surface area (Å²) in [5.74, 6) is 0.715. The highest BCUT2D eigenvalue weighted by Crippen LogP contribution is 2.35. The van der Waals surface area contributed by atoms with Gasteiger partial charge in [0.05, 0.1) is 5.54 Å². The first-order chi connectivity index (χ1) is 10.8. The van der Waals surface area contributed by atoms with Crippen LogP contribution >= 0.6 is 12.4 Å². The molecule has 3 rings (SSSR count). The van der Waals surface area contributed by atoms with Gasteiger partial charge >= 0.3 is 0 Å². The fourth-order valence-corrected chi connectivity index (χ4v) is 4.04. The van der Waals surface area contributed by atoms with Gasteiger partial charge in [-0.2, -0.15) is 4.98 Å². The molecule has 0 saturated heterocycles. The van der Waals surface area contributed by atoms with Crippen molar-refractivity contribution in [1.82, 2.24) is 19.8 Å². The number of aromatic amines is 1. The molecule has 1 aliphatic rings. The Balaban J connectivity index is 0.00000208. The third kappa shape index (κ3) is 3.64. The first-order valence-electron chi connectivity index (χ1n) is 7.64. The molecule has 1 fully saturated rings. The molecule has 0 amide bonds. The van der Waals surface area contributed by atoms with Gasteiger partial charge in [-0.15, -0.1) is 12.4 Å². The Kier molecular flexibility index (Phi) is 5.38. The minimum atomic E-state index is -3.56. The molecule has 4 N–H and O–H groups in total. The van der Waals surface area contributed by atoms with Crippen LogP contribution in [0.15, 0.2) is 21.7 Å². The first-order valence-corrected chi connectivity index (χ1v) is 9.13. The highest BCUT2D eigenvalue weighted by atomic mass is 35.5. The van der Waals surface area contributed by atoms with Crippen molar-refractivity contribution in [3.63, 3.8) is 0 Å². The molecule has 0 atom stereocenters. The normalized spacial score (nSPS) is 17.2. The molecule has 0 unspecified atom stereocenters. The second kappa shape index (κ2) is 6.83. The number of nitrogens with zero attached hydrogens (tertiary/aromatic N) is 2. The molecule has 10 heteroatoms. The zero-order chi connectivity index (χ0) is 16.7. The van der Waals surface area contributed by atoms with E-state index >= 15 is 0 Å². The number of nitrogens with two attached hydrogens (primary N) is 1. The molecular formula is C14H22ClN5O3S. The lowest BCUT2D eigenvalue weighted by atomic mass is 9.99. The monoisotopic (exact) mass is 375 g/mol. The number of aromatic nitrogens is 3. The average molecular weight is 376 g/mol. The summed E-state index contributed by atoms with van der Waals surface area (Å²) in [6.07, 6.45) is 5.15.